The van der Waals surface area contributed by atoms with Crippen molar-refractivity contribution in [3.8, 4) is 22.6 Å². The molecule has 40 heavy (non-hydrogen) atoms. The first kappa shape index (κ1) is 28.4. The van der Waals surface area contributed by atoms with E-state index in [0.717, 1.165) is 42.2 Å². The number of aliphatic hydroxyl groups excluding tert-OH is 1. The van der Waals surface area contributed by atoms with Gasteiger partial charge in [0.1, 0.15) is 11.5 Å². The van der Waals surface area contributed by atoms with Gasteiger partial charge in [-0.1, -0.05) is 35.9 Å². The van der Waals surface area contributed by atoms with Crippen molar-refractivity contribution in [1.29, 1.82) is 0 Å². The summed E-state index contributed by atoms with van der Waals surface area (Å²) in [7, 11) is 1.57. The van der Waals surface area contributed by atoms with Crippen LogP contribution in [-0.4, -0.2) is 23.7 Å². The minimum absolute atomic E-state index is 0.218. The fourth-order valence-electron chi connectivity index (χ4n) is 5.23. The lowest BCUT2D eigenvalue weighted by Crippen LogP contribution is -2.32. The van der Waals surface area contributed by atoms with Crippen molar-refractivity contribution < 1.29 is 19.4 Å². The number of carbonyl (C=O) groups excluding carboxylic acids is 1. The number of ether oxygens (including phenoxy) is 2. The maximum Gasteiger partial charge on any atom is 0.345 e. The van der Waals surface area contributed by atoms with Crippen LogP contribution in [0.4, 0.5) is 5.69 Å². The molecule has 206 valence electrons. The van der Waals surface area contributed by atoms with Crippen LogP contribution in [0.25, 0.3) is 16.7 Å². The maximum absolute atomic E-state index is 12.8. The predicted octanol–water partition coefficient (Wildman–Crippen LogP) is 8.94. The van der Waals surface area contributed by atoms with E-state index in [1.54, 1.807) is 54.8 Å². The van der Waals surface area contributed by atoms with Gasteiger partial charge in [0.05, 0.1) is 33.1 Å². The number of hydrogen-bond donors (Lipinski definition) is 2. The third-order valence-corrected chi connectivity index (χ3v) is 8.77. The molecule has 8 heteroatoms. The van der Waals surface area contributed by atoms with Gasteiger partial charge in [0.15, 0.2) is 0 Å². The number of rotatable bonds is 7. The first-order valence-electron chi connectivity index (χ1n) is 12.8. The van der Waals surface area contributed by atoms with E-state index in [-0.39, 0.29) is 11.1 Å². The van der Waals surface area contributed by atoms with E-state index in [0.29, 0.717) is 22.9 Å². The number of methoxy groups -OCH3 is 1. The molecule has 0 saturated carbocycles. The van der Waals surface area contributed by atoms with Crippen molar-refractivity contribution >= 4 is 56.1 Å². The van der Waals surface area contributed by atoms with Crippen LogP contribution in [0, 0.1) is 0 Å². The third-order valence-electron chi connectivity index (χ3n) is 6.80. The molecule has 1 aliphatic heterocycles. The minimum Gasteiger partial charge on any atom is -0.496 e. The molecule has 2 heterocycles. The maximum atomic E-state index is 12.8. The second-order valence-corrected chi connectivity index (χ2v) is 13.2. The lowest BCUT2D eigenvalue weighted by atomic mass is 9.82. The SMILES string of the molecule is COc1cc(OC(=O)c2ccccc2Cl)ccc1-c1ccc2c(c1C(O)Cc1ccc(Br)s1)C(C)=CC(C)(C)N2. The average Bonchev–Trinajstić information content (AvgIpc) is 3.31. The van der Waals surface area contributed by atoms with E-state index in [4.69, 9.17) is 21.1 Å². The molecule has 0 fully saturated rings. The summed E-state index contributed by atoms with van der Waals surface area (Å²) >= 11 is 11.3. The van der Waals surface area contributed by atoms with Gasteiger partial charge in [-0.15, -0.1) is 11.3 Å². The molecule has 0 amide bonds. The molecular formula is C32H29BrClNO4S. The van der Waals surface area contributed by atoms with Crippen LogP contribution in [-0.2, 0) is 6.42 Å². The van der Waals surface area contributed by atoms with Crippen LogP contribution in [0.1, 0.15) is 53.2 Å². The van der Waals surface area contributed by atoms with Crippen molar-refractivity contribution in [3.63, 3.8) is 0 Å². The predicted molar refractivity (Wildman–Crippen MR) is 167 cm³/mol. The summed E-state index contributed by atoms with van der Waals surface area (Å²) in [5, 5.41) is 15.6. The highest BCUT2D eigenvalue weighted by atomic mass is 79.9. The molecule has 3 aromatic carbocycles. The molecule has 5 rings (SSSR count). The summed E-state index contributed by atoms with van der Waals surface area (Å²) < 4.78 is 12.4. The Hall–Kier alpha value is -3.10. The van der Waals surface area contributed by atoms with Gasteiger partial charge in [-0.2, -0.15) is 0 Å². The van der Waals surface area contributed by atoms with Gasteiger partial charge in [-0.05, 0) is 95.9 Å². The number of hydrogen-bond acceptors (Lipinski definition) is 6. The van der Waals surface area contributed by atoms with Crippen molar-refractivity contribution in [1.82, 2.24) is 0 Å². The number of carbonyl (C=O) groups is 1. The molecule has 0 radical (unpaired) electrons. The van der Waals surface area contributed by atoms with E-state index >= 15 is 0 Å². The Kier molecular flexibility index (Phi) is 8.11. The lowest BCUT2D eigenvalue weighted by molar-refractivity contribution is 0.0734. The molecule has 5 nitrogen and oxygen atoms in total. The first-order chi connectivity index (χ1) is 19.1. The number of benzene rings is 3. The van der Waals surface area contributed by atoms with Crippen LogP contribution in [0.3, 0.4) is 0 Å². The van der Waals surface area contributed by atoms with Crippen molar-refractivity contribution in [2.45, 2.75) is 38.8 Å². The highest BCUT2D eigenvalue weighted by molar-refractivity contribution is 9.11. The zero-order valence-corrected chi connectivity index (χ0v) is 25.7. The van der Waals surface area contributed by atoms with Gasteiger partial charge in [-0.25, -0.2) is 4.79 Å². The normalized spacial score (nSPS) is 14.5. The smallest absolute Gasteiger partial charge is 0.345 e. The van der Waals surface area contributed by atoms with Crippen molar-refractivity contribution in [3.05, 3.63) is 103 Å². The Morgan fingerprint density at radius 1 is 1.10 bits per heavy atom. The number of allylic oxidation sites excluding steroid dienone is 1. The van der Waals surface area contributed by atoms with Crippen molar-refractivity contribution in [2.24, 2.45) is 0 Å². The van der Waals surface area contributed by atoms with E-state index in [1.807, 2.05) is 30.3 Å². The molecule has 4 aromatic rings. The average molecular weight is 639 g/mol. The summed E-state index contributed by atoms with van der Waals surface area (Å²) in [5.41, 5.74) is 5.55. The zero-order valence-electron chi connectivity index (χ0n) is 22.5. The van der Waals surface area contributed by atoms with Crippen LogP contribution < -0.4 is 14.8 Å². The zero-order chi connectivity index (χ0) is 28.6. The Morgan fingerprint density at radius 2 is 1.85 bits per heavy atom. The number of halogens is 2. The molecule has 1 aromatic heterocycles. The monoisotopic (exact) mass is 637 g/mol. The molecule has 1 unspecified atom stereocenters. The quantitative estimate of drug-likeness (QED) is 0.156. The highest BCUT2D eigenvalue weighted by Gasteiger charge is 2.30. The summed E-state index contributed by atoms with van der Waals surface area (Å²) in [6.45, 7) is 6.33. The molecule has 0 saturated heterocycles. The topological polar surface area (TPSA) is 67.8 Å². The molecule has 1 atom stereocenters. The van der Waals surface area contributed by atoms with Gasteiger partial charge in [-0.3, -0.25) is 0 Å². The number of nitrogens with one attached hydrogen (secondary N) is 1. The first-order valence-corrected chi connectivity index (χ1v) is 14.8. The largest absolute Gasteiger partial charge is 0.496 e. The second-order valence-electron chi connectivity index (χ2n) is 10.3. The molecular weight excluding hydrogens is 610 g/mol. The van der Waals surface area contributed by atoms with Gasteiger partial charge >= 0.3 is 5.97 Å². The standard InChI is InChI=1S/C32H29BrClNO4S/c1-18-17-32(2,3)35-25-13-12-22(30(29(18)25)26(36)16-20-10-14-28(33)40-20)21-11-9-19(15-27(21)38-4)39-31(37)23-7-5-6-8-24(23)34/h5-15,17,26,35-36H,16H2,1-4H3. The van der Waals surface area contributed by atoms with Crippen molar-refractivity contribution in [2.75, 3.05) is 12.4 Å². The number of fused-ring (bicyclic) bond motifs is 1. The van der Waals surface area contributed by atoms with Gasteiger partial charge in [0.25, 0.3) is 0 Å². The number of aliphatic hydroxyl groups is 1. The van der Waals surface area contributed by atoms with Crippen LogP contribution in [0.2, 0.25) is 5.02 Å². The Labute approximate surface area is 251 Å². The van der Waals surface area contributed by atoms with E-state index in [9.17, 15) is 9.90 Å². The summed E-state index contributed by atoms with van der Waals surface area (Å²) in [6.07, 6.45) is 1.88. The Morgan fingerprint density at radius 3 is 2.55 bits per heavy atom. The van der Waals surface area contributed by atoms with Gasteiger partial charge in [0, 0.05) is 34.2 Å². The van der Waals surface area contributed by atoms with Gasteiger partial charge < -0.3 is 19.9 Å². The third kappa shape index (κ3) is 5.84. The fraction of sp³-hybridized carbons (Fsp3) is 0.219. The Balaban J connectivity index is 1.58. The van der Waals surface area contributed by atoms with Crippen LogP contribution in [0.15, 0.2) is 76.6 Å². The molecule has 0 aliphatic carbocycles. The highest BCUT2D eigenvalue weighted by Crippen LogP contribution is 2.46. The number of esters is 1. The molecule has 1 aliphatic rings. The molecule has 0 spiro atoms. The minimum atomic E-state index is -0.774. The fourth-order valence-corrected chi connectivity index (χ4v) is 6.96. The van der Waals surface area contributed by atoms with E-state index in [1.165, 1.54) is 0 Å². The van der Waals surface area contributed by atoms with Crippen LogP contribution >= 0.6 is 38.9 Å². The van der Waals surface area contributed by atoms with E-state index < -0.39 is 12.1 Å². The Bertz CT molecular complexity index is 1630. The van der Waals surface area contributed by atoms with Crippen LogP contribution in [0.5, 0.6) is 11.5 Å². The molecule has 0 bridgehead atoms. The summed E-state index contributed by atoms with van der Waals surface area (Å²) in [5.74, 6) is 0.290. The second kappa shape index (κ2) is 11.4. The lowest BCUT2D eigenvalue weighted by Gasteiger charge is -2.34. The van der Waals surface area contributed by atoms with E-state index in [2.05, 4.69) is 48.1 Å². The molecule has 2 N–H and O–H groups in total. The number of anilines is 1. The number of thiophene rings is 1. The summed E-state index contributed by atoms with van der Waals surface area (Å²) in [4.78, 5) is 13.8. The summed E-state index contributed by atoms with van der Waals surface area (Å²) in [6, 6.07) is 20.1. The van der Waals surface area contributed by atoms with Gasteiger partial charge in [0.2, 0.25) is 0 Å².